The van der Waals surface area contributed by atoms with Crippen LogP contribution in [-0.4, -0.2) is 94.1 Å². The van der Waals surface area contributed by atoms with Crippen LogP contribution >= 0.6 is 0 Å². The second-order valence-electron chi connectivity index (χ2n) is 10.2. The number of carbonyl (C=O) groups excluding carboxylic acids is 3. The summed E-state index contributed by atoms with van der Waals surface area (Å²) >= 11 is 0. The Hall–Kier alpha value is -3.79. The van der Waals surface area contributed by atoms with E-state index in [1.165, 1.54) is 7.11 Å². The first kappa shape index (κ1) is 26.8. The zero-order valence-corrected chi connectivity index (χ0v) is 22.7. The van der Waals surface area contributed by atoms with Crippen molar-refractivity contribution in [2.75, 3.05) is 76.8 Å². The molecule has 0 aromatic heterocycles. The Bertz CT molecular complexity index is 1220. The fraction of sp³-hybridized carbons (Fsp3) is 0.483. The number of nitrogens with one attached hydrogen (secondary N) is 2. The number of piperazine rings is 1. The highest BCUT2D eigenvalue weighted by atomic mass is 16.5. The number of anilines is 2. The normalized spacial score (nSPS) is 17.8. The summed E-state index contributed by atoms with van der Waals surface area (Å²) in [6.07, 6.45) is 2.82. The summed E-state index contributed by atoms with van der Waals surface area (Å²) in [5, 5.41) is 6.32. The second kappa shape index (κ2) is 11.9. The van der Waals surface area contributed by atoms with Gasteiger partial charge in [-0.25, -0.2) is 0 Å². The topological polar surface area (TPSA) is 103 Å². The van der Waals surface area contributed by atoms with Gasteiger partial charge in [-0.3, -0.25) is 14.4 Å². The number of ether oxygens (including phenoxy) is 2. The van der Waals surface area contributed by atoms with Crippen LogP contribution in [0.15, 0.2) is 36.4 Å². The number of amides is 3. The number of hydrogen-bond donors (Lipinski definition) is 2. The van der Waals surface area contributed by atoms with Gasteiger partial charge in [0.15, 0.2) is 11.5 Å². The van der Waals surface area contributed by atoms with Crippen molar-refractivity contribution in [3.63, 3.8) is 0 Å². The summed E-state index contributed by atoms with van der Waals surface area (Å²) in [5.74, 6) is 1.08. The first-order valence-electron chi connectivity index (χ1n) is 13.7. The third-order valence-corrected chi connectivity index (χ3v) is 7.62. The first-order chi connectivity index (χ1) is 19.0. The molecule has 3 amide bonds. The van der Waals surface area contributed by atoms with Gasteiger partial charge in [0.25, 0.3) is 11.8 Å². The fourth-order valence-electron chi connectivity index (χ4n) is 5.23. The van der Waals surface area contributed by atoms with Crippen molar-refractivity contribution in [2.45, 2.75) is 19.3 Å². The van der Waals surface area contributed by atoms with E-state index >= 15 is 0 Å². The van der Waals surface area contributed by atoms with Gasteiger partial charge in [0, 0.05) is 69.4 Å². The summed E-state index contributed by atoms with van der Waals surface area (Å²) in [7, 11) is 3.07. The molecule has 2 N–H and O–H groups in total. The average Bonchev–Trinajstić information content (AvgIpc) is 3.84. The monoisotopic (exact) mass is 535 g/mol. The van der Waals surface area contributed by atoms with Crippen molar-refractivity contribution in [2.24, 2.45) is 5.92 Å². The smallest absolute Gasteiger partial charge is 0.255 e. The summed E-state index contributed by atoms with van der Waals surface area (Å²) in [6, 6.07) is 10.5. The highest BCUT2D eigenvalue weighted by molar-refractivity contribution is 6.07. The quantitative estimate of drug-likeness (QED) is 0.561. The molecule has 0 radical (unpaired) electrons. The number of methoxy groups -OCH3 is 2. The molecule has 208 valence electrons. The number of rotatable bonds is 7. The summed E-state index contributed by atoms with van der Waals surface area (Å²) in [6.45, 7) is 5.59. The van der Waals surface area contributed by atoms with Crippen LogP contribution in [0.25, 0.3) is 0 Å². The van der Waals surface area contributed by atoms with Gasteiger partial charge in [0.05, 0.1) is 25.6 Å². The van der Waals surface area contributed by atoms with Gasteiger partial charge in [0.1, 0.15) is 0 Å². The summed E-state index contributed by atoms with van der Waals surface area (Å²) < 4.78 is 10.7. The van der Waals surface area contributed by atoms with Gasteiger partial charge in [0.2, 0.25) is 5.91 Å². The van der Waals surface area contributed by atoms with Crippen molar-refractivity contribution in [3.05, 3.63) is 47.5 Å². The Labute approximate surface area is 229 Å². The SMILES string of the molecule is COc1ccc(C(=O)Nc2cc(C(=O)N3CCNCC3)ccc2N2CCCN(C(=O)C3CC3)CC2)cc1OC. The molecule has 3 fully saturated rings. The minimum absolute atomic E-state index is 0.0539. The van der Waals surface area contributed by atoms with E-state index in [-0.39, 0.29) is 23.6 Å². The fourth-order valence-corrected chi connectivity index (χ4v) is 5.23. The van der Waals surface area contributed by atoms with Crippen LogP contribution in [-0.2, 0) is 4.79 Å². The predicted molar refractivity (Wildman–Crippen MR) is 149 cm³/mol. The lowest BCUT2D eigenvalue weighted by atomic mass is 10.1. The second-order valence-corrected chi connectivity index (χ2v) is 10.2. The van der Waals surface area contributed by atoms with Crippen LogP contribution in [0, 0.1) is 5.92 Å². The van der Waals surface area contributed by atoms with E-state index in [9.17, 15) is 14.4 Å². The standard InChI is InChI=1S/C29H37N5O5/c1-38-25-9-7-21(19-26(25)39-2)27(35)31-23-18-22(29(37)34-14-10-30-11-15-34)6-8-24(23)32-12-3-13-33(17-16-32)28(36)20-4-5-20/h6-9,18-20,30H,3-5,10-17H2,1-2H3,(H,31,35). The van der Waals surface area contributed by atoms with Crippen LogP contribution in [0.2, 0.25) is 0 Å². The van der Waals surface area contributed by atoms with E-state index in [1.54, 1.807) is 31.4 Å². The maximum atomic E-state index is 13.4. The molecule has 0 spiro atoms. The van der Waals surface area contributed by atoms with Crippen LogP contribution in [0.5, 0.6) is 11.5 Å². The minimum Gasteiger partial charge on any atom is -0.493 e. The van der Waals surface area contributed by atoms with E-state index in [1.807, 2.05) is 21.9 Å². The number of carbonyl (C=O) groups is 3. The van der Waals surface area contributed by atoms with E-state index < -0.39 is 0 Å². The largest absolute Gasteiger partial charge is 0.493 e. The van der Waals surface area contributed by atoms with E-state index in [4.69, 9.17) is 9.47 Å². The van der Waals surface area contributed by atoms with Crippen LogP contribution in [0.4, 0.5) is 11.4 Å². The Morgan fingerprint density at radius 3 is 2.28 bits per heavy atom. The maximum absolute atomic E-state index is 13.4. The summed E-state index contributed by atoms with van der Waals surface area (Å²) in [4.78, 5) is 45.4. The molecule has 1 saturated carbocycles. The molecule has 3 aliphatic rings. The molecule has 10 heteroatoms. The summed E-state index contributed by atoms with van der Waals surface area (Å²) in [5.41, 5.74) is 2.34. The molecular formula is C29H37N5O5. The zero-order valence-electron chi connectivity index (χ0n) is 22.7. The highest BCUT2D eigenvalue weighted by Gasteiger charge is 2.34. The lowest BCUT2D eigenvalue weighted by molar-refractivity contribution is -0.132. The van der Waals surface area contributed by atoms with Gasteiger partial charge in [-0.1, -0.05) is 0 Å². The minimum atomic E-state index is -0.315. The van der Waals surface area contributed by atoms with Crippen molar-refractivity contribution < 1.29 is 23.9 Å². The van der Waals surface area contributed by atoms with Crippen molar-refractivity contribution in [1.82, 2.24) is 15.1 Å². The van der Waals surface area contributed by atoms with Gasteiger partial charge in [-0.15, -0.1) is 0 Å². The maximum Gasteiger partial charge on any atom is 0.255 e. The molecule has 1 aliphatic carbocycles. The average molecular weight is 536 g/mol. The van der Waals surface area contributed by atoms with E-state index in [0.717, 1.165) is 51.1 Å². The van der Waals surface area contributed by atoms with Gasteiger partial charge < -0.3 is 34.8 Å². The molecule has 2 aromatic rings. The van der Waals surface area contributed by atoms with E-state index in [0.29, 0.717) is 54.5 Å². The highest BCUT2D eigenvalue weighted by Crippen LogP contribution is 2.33. The molecule has 0 bridgehead atoms. The van der Waals surface area contributed by atoms with Gasteiger partial charge in [-0.2, -0.15) is 0 Å². The zero-order chi connectivity index (χ0) is 27.4. The van der Waals surface area contributed by atoms with E-state index in [2.05, 4.69) is 15.5 Å². The van der Waals surface area contributed by atoms with Crippen molar-refractivity contribution >= 4 is 29.1 Å². The van der Waals surface area contributed by atoms with Crippen LogP contribution < -0.4 is 25.0 Å². The molecule has 2 heterocycles. The molecule has 2 saturated heterocycles. The lowest BCUT2D eigenvalue weighted by Crippen LogP contribution is -2.46. The third-order valence-electron chi connectivity index (χ3n) is 7.62. The van der Waals surface area contributed by atoms with Crippen molar-refractivity contribution in [3.8, 4) is 11.5 Å². The molecule has 5 rings (SSSR count). The predicted octanol–water partition coefficient (Wildman–Crippen LogP) is 2.45. The van der Waals surface area contributed by atoms with Crippen LogP contribution in [0.3, 0.4) is 0 Å². The Balaban J connectivity index is 1.41. The lowest BCUT2D eigenvalue weighted by Gasteiger charge is -2.29. The third kappa shape index (κ3) is 6.11. The molecular weight excluding hydrogens is 498 g/mol. The molecule has 2 aliphatic heterocycles. The molecule has 0 unspecified atom stereocenters. The van der Waals surface area contributed by atoms with Crippen molar-refractivity contribution in [1.29, 1.82) is 0 Å². The molecule has 2 aromatic carbocycles. The first-order valence-corrected chi connectivity index (χ1v) is 13.7. The molecule has 0 atom stereocenters. The molecule has 39 heavy (non-hydrogen) atoms. The Morgan fingerprint density at radius 2 is 1.56 bits per heavy atom. The Kier molecular flexibility index (Phi) is 8.21. The number of hydrogen-bond acceptors (Lipinski definition) is 7. The Morgan fingerprint density at radius 1 is 0.821 bits per heavy atom. The van der Waals surface area contributed by atoms with Crippen LogP contribution in [0.1, 0.15) is 40.0 Å². The number of benzene rings is 2. The molecule has 10 nitrogen and oxygen atoms in total. The van der Waals surface area contributed by atoms with Gasteiger partial charge >= 0.3 is 0 Å². The van der Waals surface area contributed by atoms with Gasteiger partial charge in [-0.05, 0) is 55.7 Å². The number of nitrogens with zero attached hydrogens (tertiary/aromatic N) is 3.